The average Bonchev–Trinajstić information content (AvgIpc) is 3.42. The third kappa shape index (κ3) is 7.49. The molecule has 3 aromatic carbocycles. The van der Waals surface area contributed by atoms with Crippen LogP contribution in [0.3, 0.4) is 0 Å². The summed E-state index contributed by atoms with van der Waals surface area (Å²) in [6.07, 6.45) is 2.14. The van der Waals surface area contributed by atoms with Crippen LogP contribution in [0, 0.1) is 5.41 Å². The molecule has 1 aliphatic rings. The van der Waals surface area contributed by atoms with Gasteiger partial charge >= 0.3 is 0 Å². The van der Waals surface area contributed by atoms with Crippen LogP contribution in [0.4, 0.5) is 17.1 Å². The van der Waals surface area contributed by atoms with Crippen molar-refractivity contribution in [2.75, 3.05) is 30.7 Å². The van der Waals surface area contributed by atoms with Crippen molar-refractivity contribution < 1.29 is 9.53 Å². The Morgan fingerprint density at radius 1 is 1.16 bits per heavy atom. The molecule has 0 aromatic heterocycles. The van der Waals surface area contributed by atoms with Gasteiger partial charge in [0.25, 0.3) is 5.91 Å². The first-order valence-electron chi connectivity index (χ1n) is 12.1. The van der Waals surface area contributed by atoms with Crippen LogP contribution >= 0.6 is 0 Å². The average molecular weight is 498 g/mol. The summed E-state index contributed by atoms with van der Waals surface area (Å²) in [5, 5.41) is 17.0. The first-order valence-corrected chi connectivity index (χ1v) is 12.1. The number of ether oxygens (including phenoxy) is 1. The van der Waals surface area contributed by atoms with Gasteiger partial charge in [0.15, 0.2) is 12.4 Å². The maximum atomic E-state index is 12.3. The van der Waals surface area contributed by atoms with Gasteiger partial charge < -0.3 is 31.8 Å². The van der Waals surface area contributed by atoms with Crippen molar-refractivity contribution in [3.63, 3.8) is 0 Å². The minimum absolute atomic E-state index is 0.0680. The molecule has 1 amide bonds. The van der Waals surface area contributed by atoms with Gasteiger partial charge in [-0.05, 0) is 62.4 Å². The normalized spacial score (nSPS) is 15.8. The van der Waals surface area contributed by atoms with Gasteiger partial charge in [0.2, 0.25) is 0 Å². The van der Waals surface area contributed by atoms with E-state index in [0.29, 0.717) is 28.7 Å². The van der Waals surface area contributed by atoms with E-state index in [2.05, 4.69) is 16.0 Å². The summed E-state index contributed by atoms with van der Waals surface area (Å²) < 4.78 is 5.77. The smallest absolute Gasteiger partial charge is 0.258 e. The number of amidine groups is 2. The van der Waals surface area contributed by atoms with Crippen LogP contribution in [0.15, 0.2) is 82.8 Å². The summed E-state index contributed by atoms with van der Waals surface area (Å²) >= 11 is 0. The molecule has 1 heterocycles. The van der Waals surface area contributed by atoms with Crippen molar-refractivity contribution in [2.24, 2.45) is 9.98 Å². The standard InChI is InChI=1S/C28H31N7O2/c1-19(32-23-10-11-26(30)21(14-23)16-29)33-28(35-22-7-3-2-4-8-22)20-6-5-9-25(15-20)37-18-27(36)34-24-12-13-31-17-24/h2-11,14-16,24,29,31H,12-13,17-18,30H2,1H3,(H,34,36)(H,32,33,35). The van der Waals surface area contributed by atoms with Crippen molar-refractivity contribution in [3.05, 3.63) is 83.9 Å². The molecule has 4 rings (SSSR count). The van der Waals surface area contributed by atoms with Crippen LogP contribution in [0.2, 0.25) is 0 Å². The molecule has 0 spiro atoms. The highest BCUT2D eigenvalue weighted by atomic mass is 16.5. The zero-order valence-corrected chi connectivity index (χ0v) is 20.7. The van der Waals surface area contributed by atoms with Gasteiger partial charge in [-0.1, -0.05) is 30.3 Å². The monoisotopic (exact) mass is 497 g/mol. The van der Waals surface area contributed by atoms with Gasteiger partial charge in [-0.2, -0.15) is 0 Å². The fourth-order valence-electron chi connectivity index (χ4n) is 3.87. The number of nitrogens with zero attached hydrogens (tertiary/aromatic N) is 2. The fourth-order valence-corrected chi connectivity index (χ4v) is 3.87. The Kier molecular flexibility index (Phi) is 8.62. The summed E-state index contributed by atoms with van der Waals surface area (Å²) in [7, 11) is 0. The summed E-state index contributed by atoms with van der Waals surface area (Å²) in [6.45, 7) is 3.46. The molecule has 0 aliphatic carbocycles. The summed E-state index contributed by atoms with van der Waals surface area (Å²) in [5.41, 5.74) is 9.30. The Labute approximate surface area is 216 Å². The third-order valence-electron chi connectivity index (χ3n) is 5.72. The number of carbonyl (C=O) groups is 1. The van der Waals surface area contributed by atoms with Crippen molar-refractivity contribution in [3.8, 4) is 5.75 Å². The molecule has 1 unspecified atom stereocenters. The predicted molar refractivity (Wildman–Crippen MR) is 149 cm³/mol. The minimum Gasteiger partial charge on any atom is -0.484 e. The lowest BCUT2D eigenvalue weighted by Crippen LogP contribution is -2.39. The number of hydrogen-bond acceptors (Lipinski definition) is 6. The number of aliphatic imine (C=N–C) groups is 2. The van der Waals surface area contributed by atoms with Crippen molar-refractivity contribution in [2.45, 2.75) is 19.4 Å². The van der Waals surface area contributed by atoms with Crippen molar-refractivity contribution in [1.29, 1.82) is 5.41 Å². The van der Waals surface area contributed by atoms with Crippen LogP contribution < -0.4 is 26.4 Å². The molecule has 1 aliphatic heterocycles. The van der Waals surface area contributed by atoms with Crippen LogP contribution in [-0.2, 0) is 4.79 Å². The number of para-hydroxylation sites is 1. The second-order valence-corrected chi connectivity index (χ2v) is 8.65. The first-order chi connectivity index (χ1) is 18.0. The number of nitrogens with one attached hydrogen (secondary N) is 4. The molecule has 0 saturated carbocycles. The second-order valence-electron chi connectivity index (χ2n) is 8.65. The number of rotatable bonds is 8. The molecular weight excluding hydrogens is 466 g/mol. The van der Waals surface area contributed by atoms with E-state index >= 15 is 0 Å². The van der Waals surface area contributed by atoms with E-state index in [9.17, 15) is 4.79 Å². The quantitative estimate of drug-likeness (QED) is 0.183. The second kappa shape index (κ2) is 12.5. The number of nitrogen functional groups attached to an aromatic ring is 1. The lowest BCUT2D eigenvalue weighted by Gasteiger charge is -2.13. The topological polar surface area (TPSA) is 137 Å². The Balaban J connectivity index is 1.54. The van der Waals surface area contributed by atoms with Gasteiger partial charge in [0.1, 0.15) is 11.6 Å². The maximum Gasteiger partial charge on any atom is 0.258 e. The zero-order chi connectivity index (χ0) is 26.0. The van der Waals surface area contributed by atoms with Gasteiger partial charge in [-0.3, -0.25) is 4.79 Å². The summed E-state index contributed by atoms with van der Waals surface area (Å²) in [4.78, 5) is 21.8. The van der Waals surface area contributed by atoms with Gasteiger partial charge in [0.05, 0.1) is 5.69 Å². The molecule has 9 nitrogen and oxygen atoms in total. The van der Waals surface area contributed by atoms with E-state index in [1.165, 1.54) is 6.21 Å². The molecule has 6 N–H and O–H groups in total. The number of nitrogens with two attached hydrogens (primary N) is 1. The molecule has 1 saturated heterocycles. The van der Waals surface area contributed by atoms with Crippen LogP contribution in [-0.4, -0.2) is 49.5 Å². The minimum atomic E-state index is -0.150. The number of hydrogen-bond donors (Lipinski definition) is 5. The van der Waals surface area contributed by atoms with Crippen LogP contribution in [0.5, 0.6) is 5.75 Å². The Morgan fingerprint density at radius 2 is 2.00 bits per heavy atom. The maximum absolute atomic E-state index is 12.3. The highest BCUT2D eigenvalue weighted by Crippen LogP contribution is 2.20. The van der Waals surface area contributed by atoms with E-state index in [1.807, 2.05) is 61.5 Å². The lowest BCUT2D eigenvalue weighted by molar-refractivity contribution is -0.123. The molecular formula is C28H31N7O2. The van der Waals surface area contributed by atoms with Gasteiger partial charge in [-0.15, -0.1) is 0 Å². The van der Waals surface area contributed by atoms with E-state index < -0.39 is 0 Å². The highest BCUT2D eigenvalue weighted by Gasteiger charge is 2.17. The number of benzene rings is 3. The van der Waals surface area contributed by atoms with Gasteiger partial charge in [-0.25, -0.2) is 9.98 Å². The number of anilines is 2. The Hall–Kier alpha value is -4.50. The molecule has 1 atom stereocenters. The largest absolute Gasteiger partial charge is 0.484 e. The third-order valence-corrected chi connectivity index (χ3v) is 5.72. The van der Waals surface area contributed by atoms with E-state index in [-0.39, 0.29) is 18.6 Å². The Morgan fingerprint density at radius 3 is 2.76 bits per heavy atom. The molecule has 1 fully saturated rings. The predicted octanol–water partition coefficient (Wildman–Crippen LogP) is 3.73. The van der Waals surface area contributed by atoms with Crippen LogP contribution in [0.1, 0.15) is 24.5 Å². The van der Waals surface area contributed by atoms with E-state index in [0.717, 1.165) is 36.4 Å². The number of carbonyl (C=O) groups excluding carboxylic acids is 1. The first kappa shape index (κ1) is 25.6. The van der Waals surface area contributed by atoms with Crippen molar-refractivity contribution in [1.82, 2.24) is 10.6 Å². The van der Waals surface area contributed by atoms with Gasteiger partial charge in [0, 0.05) is 41.3 Å². The molecule has 0 radical (unpaired) electrons. The molecule has 9 heteroatoms. The lowest BCUT2D eigenvalue weighted by atomic mass is 10.1. The fraction of sp³-hybridized carbons (Fsp3) is 0.214. The summed E-state index contributed by atoms with van der Waals surface area (Å²) in [6, 6.07) is 22.4. The molecule has 190 valence electrons. The SMILES string of the molecule is CC(=NC(=Nc1ccccc1)c1cccc(OCC(=O)NC2CCNC2)c1)Nc1ccc(N)c(C=N)c1. The van der Waals surface area contributed by atoms with Crippen molar-refractivity contribution >= 4 is 40.9 Å². The molecule has 3 aromatic rings. The number of amides is 1. The van der Waals surface area contributed by atoms with E-state index in [4.69, 9.17) is 25.9 Å². The zero-order valence-electron chi connectivity index (χ0n) is 20.7. The highest BCUT2D eigenvalue weighted by molar-refractivity contribution is 6.10. The molecule has 37 heavy (non-hydrogen) atoms. The van der Waals surface area contributed by atoms with E-state index in [1.54, 1.807) is 18.2 Å². The Bertz CT molecular complexity index is 1300. The summed E-state index contributed by atoms with van der Waals surface area (Å²) in [5.74, 6) is 1.48. The van der Waals surface area contributed by atoms with Crippen LogP contribution in [0.25, 0.3) is 0 Å². The molecule has 0 bridgehead atoms.